The summed E-state index contributed by atoms with van der Waals surface area (Å²) in [5.41, 5.74) is 4.85. The number of pyridine rings is 1. The molecular formula is C21H33Br2N3O. The predicted molar refractivity (Wildman–Crippen MR) is 126 cm³/mol. The highest BCUT2D eigenvalue weighted by Gasteiger charge is 2.14. The fourth-order valence-corrected chi connectivity index (χ4v) is 3.54. The molecule has 0 radical (unpaired) electrons. The molecule has 0 bridgehead atoms. The van der Waals surface area contributed by atoms with E-state index in [1.165, 1.54) is 43.6 Å². The zero-order valence-corrected chi connectivity index (χ0v) is 19.8. The number of hydrogen-bond donors (Lipinski definition) is 0. The molecule has 1 aliphatic heterocycles. The van der Waals surface area contributed by atoms with Crippen LogP contribution in [-0.2, 0) is 6.54 Å². The first-order valence-electron chi connectivity index (χ1n) is 9.17. The van der Waals surface area contributed by atoms with Gasteiger partial charge in [0, 0.05) is 36.7 Å². The average molecular weight is 503 g/mol. The van der Waals surface area contributed by atoms with Crippen LogP contribution in [0.25, 0.3) is 0 Å². The van der Waals surface area contributed by atoms with Crippen LogP contribution in [0, 0.1) is 13.8 Å². The monoisotopic (exact) mass is 501 g/mol. The number of likely N-dealkylation sites (tertiary alicyclic amines) is 1. The summed E-state index contributed by atoms with van der Waals surface area (Å²) in [6, 6.07) is 15.2. The van der Waals surface area contributed by atoms with Crippen molar-refractivity contribution in [3.63, 3.8) is 0 Å². The van der Waals surface area contributed by atoms with Gasteiger partial charge < -0.3 is 15.3 Å². The quantitative estimate of drug-likeness (QED) is 0.583. The van der Waals surface area contributed by atoms with Crippen molar-refractivity contribution in [2.75, 3.05) is 31.1 Å². The number of aromatic nitrogens is 1. The molecule has 0 spiro atoms. The van der Waals surface area contributed by atoms with Crippen LogP contribution in [-0.4, -0.2) is 41.5 Å². The minimum atomic E-state index is 0. The van der Waals surface area contributed by atoms with E-state index < -0.39 is 0 Å². The van der Waals surface area contributed by atoms with Crippen LogP contribution in [0.5, 0.6) is 0 Å². The van der Waals surface area contributed by atoms with Crippen molar-refractivity contribution in [2.24, 2.45) is 0 Å². The highest BCUT2D eigenvalue weighted by molar-refractivity contribution is 8.93. The molecule has 1 aromatic carbocycles. The van der Waals surface area contributed by atoms with Gasteiger partial charge in [-0.05, 0) is 57.5 Å². The van der Waals surface area contributed by atoms with Gasteiger partial charge in [-0.1, -0.05) is 36.8 Å². The first-order chi connectivity index (χ1) is 11.7. The lowest BCUT2D eigenvalue weighted by atomic mass is 10.1. The average Bonchev–Trinajstić information content (AvgIpc) is 2.59. The lowest BCUT2D eigenvalue weighted by Gasteiger charge is -2.31. The normalized spacial score (nSPS) is 13.7. The van der Waals surface area contributed by atoms with E-state index in [1.54, 1.807) is 0 Å². The van der Waals surface area contributed by atoms with Crippen molar-refractivity contribution in [3.8, 4) is 0 Å². The summed E-state index contributed by atoms with van der Waals surface area (Å²) >= 11 is 0. The Labute approximate surface area is 184 Å². The molecule has 4 nitrogen and oxygen atoms in total. The molecule has 27 heavy (non-hydrogen) atoms. The van der Waals surface area contributed by atoms with E-state index in [9.17, 15) is 0 Å². The second-order valence-electron chi connectivity index (χ2n) is 6.92. The van der Waals surface area contributed by atoms with Gasteiger partial charge >= 0.3 is 0 Å². The Hall–Kier alpha value is -0.950. The summed E-state index contributed by atoms with van der Waals surface area (Å²) in [6.45, 7) is 9.85. The molecule has 0 amide bonds. The molecule has 0 unspecified atom stereocenters. The molecule has 3 rings (SSSR count). The first-order valence-corrected chi connectivity index (χ1v) is 9.17. The number of anilines is 1. The van der Waals surface area contributed by atoms with Crippen molar-refractivity contribution >= 4 is 39.7 Å². The molecule has 0 saturated carbocycles. The molecule has 1 fully saturated rings. The van der Waals surface area contributed by atoms with Crippen LogP contribution in [0.15, 0.2) is 42.5 Å². The van der Waals surface area contributed by atoms with E-state index in [0.717, 1.165) is 31.0 Å². The SMILES string of the molecule is Br.Br.Cc1cc(N(CCN2CCCCC2)Cc2ccccc2)cc(C)n1.O. The fourth-order valence-electron chi connectivity index (χ4n) is 3.54. The van der Waals surface area contributed by atoms with E-state index in [1.807, 2.05) is 0 Å². The number of aryl methyl sites for hydroxylation is 2. The fraction of sp³-hybridized carbons (Fsp3) is 0.476. The number of nitrogens with zero attached hydrogens (tertiary/aromatic N) is 3. The number of hydrogen-bond acceptors (Lipinski definition) is 3. The standard InChI is InChI=1S/C21H29N3.2BrH.H2O/c1-18-15-21(16-19(2)22-18)24(17-20-9-5-3-6-10-20)14-13-23-11-7-4-8-12-23;;;/h3,5-6,9-10,15-16H,4,7-8,11-14,17H2,1-2H3;2*1H;1H2. The molecule has 0 aliphatic carbocycles. The summed E-state index contributed by atoms with van der Waals surface area (Å²) in [5, 5.41) is 0. The van der Waals surface area contributed by atoms with Gasteiger partial charge in [0.2, 0.25) is 0 Å². The van der Waals surface area contributed by atoms with Crippen LogP contribution >= 0.6 is 34.0 Å². The lowest BCUT2D eigenvalue weighted by molar-refractivity contribution is 0.233. The molecule has 6 heteroatoms. The van der Waals surface area contributed by atoms with Crippen LogP contribution in [0.4, 0.5) is 5.69 Å². The maximum absolute atomic E-state index is 4.54. The van der Waals surface area contributed by atoms with Crippen molar-refractivity contribution < 1.29 is 5.48 Å². The summed E-state index contributed by atoms with van der Waals surface area (Å²) in [6.07, 6.45) is 4.10. The Morgan fingerprint density at radius 1 is 0.926 bits per heavy atom. The third-order valence-electron chi connectivity index (χ3n) is 4.78. The van der Waals surface area contributed by atoms with Gasteiger partial charge in [0.25, 0.3) is 0 Å². The van der Waals surface area contributed by atoms with Gasteiger partial charge in [-0.15, -0.1) is 34.0 Å². The molecule has 2 aromatic rings. The minimum absolute atomic E-state index is 0. The molecule has 2 heterocycles. The molecule has 0 atom stereocenters. The number of halogens is 2. The van der Waals surface area contributed by atoms with Gasteiger partial charge in [0.15, 0.2) is 0 Å². The zero-order chi connectivity index (χ0) is 16.8. The number of rotatable bonds is 6. The Morgan fingerprint density at radius 2 is 1.52 bits per heavy atom. The Bertz CT molecular complexity index is 629. The van der Waals surface area contributed by atoms with Crippen LogP contribution in [0.2, 0.25) is 0 Å². The lowest BCUT2D eigenvalue weighted by Crippen LogP contribution is -2.37. The van der Waals surface area contributed by atoms with Crippen LogP contribution < -0.4 is 4.90 Å². The molecule has 1 aromatic heterocycles. The summed E-state index contributed by atoms with van der Waals surface area (Å²) in [4.78, 5) is 9.66. The maximum Gasteiger partial charge on any atom is 0.0430 e. The van der Waals surface area contributed by atoms with E-state index >= 15 is 0 Å². The summed E-state index contributed by atoms with van der Waals surface area (Å²) in [5.74, 6) is 0. The second-order valence-corrected chi connectivity index (χ2v) is 6.92. The topological polar surface area (TPSA) is 50.9 Å². The van der Waals surface area contributed by atoms with Gasteiger partial charge in [-0.2, -0.15) is 0 Å². The van der Waals surface area contributed by atoms with Crippen molar-refractivity contribution in [3.05, 3.63) is 59.4 Å². The van der Waals surface area contributed by atoms with Crippen molar-refractivity contribution in [1.82, 2.24) is 9.88 Å². The van der Waals surface area contributed by atoms with Crippen LogP contribution in [0.1, 0.15) is 36.2 Å². The Kier molecular flexibility index (Phi) is 12.8. The highest BCUT2D eigenvalue weighted by Crippen LogP contribution is 2.20. The second kappa shape index (κ2) is 13.3. The first kappa shape index (κ1) is 26.1. The van der Waals surface area contributed by atoms with Gasteiger partial charge in [-0.25, -0.2) is 0 Å². The number of piperidine rings is 1. The van der Waals surface area contributed by atoms with Gasteiger partial charge in [0.1, 0.15) is 0 Å². The third kappa shape index (κ3) is 8.30. The van der Waals surface area contributed by atoms with E-state index in [-0.39, 0.29) is 39.4 Å². The van der Waals surface area contributed by atoms with Gasteiger partial charge in [-0.3, -0.25) is 4.98 Å². The van der Waals surface area contributed by atoms with Gasteiger partial charge in [0.05, 0.1) is 0 Å². The minimum Gasteiger partial charge on any atom is -0.412 e. The summed E-state index contributed by atoms with van der Waals surface area (Å²) < 4.78 is 0. The summed E-state index contributed by atoms with van der Waals surface area (Å²) in [7, 11) is 0. The van der Waals surface area contributed by atoms with E-state index in [2.05, 4.69) is 71.1 Å². The Morgan fingerprint density at radius 3 is 2.11 bits per heavy atom. The zero-order valence-electron chi connectivity index (χ0n) is 16.4. The van der Waals surface area contributed by atoms with Crippen molar-refractivity contribution in [1.29, 1.82) is 0 Å². The smallest absolute Gasteiger partial charge is 0.0430 e. The predicted octanol–water partition coefficient (Wildman–Crippen LogP) is 4.52. The maximum atomic E-state index is 4.54. The Balaban J connectivity index is 0.00000225. The number of benzene rings is 1. The van der Waals surface area contributed by atoms with Crippen molar-refractivity contribution in [2.45, 2.75) is 39.7 Å². The molecule has 1 saturated heterocycles. The molecule has 2 N–H and O–H groups in total. The molecule has 152 valence electrons. The highest BCUT2D eigenvalue weighted by atomic mass is 79.9. The third-order valence-corrected chi connectivity index (χ3v) is 4.78. The molecular weight excluding hydrogens is 470 g/mol. The van der Waals surface area contributed by atoms with E-state index in [0.29, 0.717) is 0 Å². The van der Waals surface area contributed by atoms with Crippen LogP contribution in [0.3, 0.4) is 0 Å². The largest absolute Gasteiger partial charge is 0.412 e. The molecule has 1 aliphatic rings. The van der Waals surface area contributed by atoms with E-state index in [4.69, 9.17) is 0 Å².